The second kappa shape index (κ2) is 9.70. The van der Waals surface area contributed by atoms with E-state index in [-0.39, 0.29) is 18.0 Å². The van der Waals surface area contributed by atoms with Crippen molar-refractivity contribution in [1.29, 1.82) is 0 Å². The topological polar surface area (TPSA) is 44.4 Å². The number of halogens is 1. The molecule has 0 aromatic heterocycles. The summed E-state index contributed by atoms with van der Waals surface area (Å²) in [5.41, 5.74) is 2.30. The molecule has 0 bridgehead atoms. The Morgan fingerprint density at radius 3 is 2.48 bits per heavy atom. The van der Waals surface area contributed by atoms with Crippen molar-refractivity contribution in [2.24, 2.45) is 0 Å². The Morgan fingerprint density at radius 2 is 1.81 bits per heavy atom. The monoisotopic (exact) mass is 383 g/mol. The Morgan fingerprint density at radius 1 is 1.15 bits per heavy atom. The van der Waals surface area contributed by atoms with Crippen molar-refractivity contribution in [3.05, 3.63) is 76.8 Å². The van der Waals surface area contributed by atoms with Crippen molar-refractivity contribution in [1.82, 2.24) is 15.5 Å². The lowest BCUT2D eigenvalue weighted by Crippen LogP contribution is -2.41. The Balaban J connectivity index is 1.59. The molecule has 0 spiro atoms. The zero-order valence-electron chi connectivity index (χ0n) is 15.6. The standard InChI is InChI=1S/C22H26ClN3O/c1-24-22(27)21-13-20(16-26(21)15-18-10-6-3-7-11-18)25-14-19(23)12-17-8-4-2-5-9-17/h2-12,20-21,25H,13-16H2,1H3,(H,24,27)/b19-12-/t20-,21+/m1/s1. The highest BCUT2D eigenvalue weighted by Gasteiger charge is 2.35. The summed E-state index contributed by atoms with van der Waals surface area (Å²) in [6, 6.07) is 20.4. The van der Waals surface area contributed by atoms with Gasteiger partial charge in [-0.3, -0.25) is 9.69 Å². The molecule has 3 rings (SSSR count). The molecule has 2 aromatic rings. The van der Waals surface area contributed by atoms with Gasteiger partial charge in [0.15, 0.2) is 0 Å². The van der Waals surface area contributed by atoms with E-state index in [1.807, 2.05) is 54.6 Å². The first-order valence-corrected chi connectivity index (χ1v) is 9.67. The van der Waals surface area contributed by atoms with Crippen LogP contribution in [0, 0.1) is 0 Å². The molecule has 1 amide bonds. The van der Waals surface area contributed by atoms with Gasteiger partial charge in [-0.05, 0) is 23.6 Å². The Kier molecular flexibility index (Phi) is 7.04. The van der Waals surface area contributed by atoms with Gasteiger partial charge in [0, 0.05) is 37.8 Å². The molecule has 4 nitrogen and oxygen atoms in total. The van der Waals surface area contributed by atoms with E-state index in [1.165, 1.54) is 5.56 Å². The predicted octanol–water partition coefficient (Wildman–Crippen LogP) is 3.25. The first kappa shape index (κ1) is 19.6. The lowest BCUT2D eigenvalue weighted by Gasteiger charge is -2.22. The number of nitrogens with one attached hydrogen (secondary N) is 2. The lowest BCUT2D eigenvalue weighted by atomic mass is 10.1. The van der Waals surface area contributed by atoms with E-state index >= 15 is 0 Å². The number of likely N-dealkylation sites (tertiary alicyclic amines) is 1. The second-order valence-electron chi connectivity index (χ2n) is 6.86. The minimum absolute atomic E-state index is 0.0705. The Bertz CT molecular complexity index is 764. The van der Waals surface area contributed by atoms with Gasteiger partial charge in [-0.25, -0.2) is 0 Å². The highest BCUT2D eigenvalue weighted by molar-refractivity contribution is 6.31. The highest BCUT2D eigenvalue weighted by atomic mass is 35.5. The van der Waals surface area contributed by atoms with E-state index in [0.717, 1.165) is 30.1 Å². The quantitative estimate of drug-likeness (QED) is 0.771. The highest BCUT2D eigenvalue weighted by Crippen LogP contribution is 2.21. The largest absolute Gasteiger partial charge is 0.358 e. The van der Waals surface area contributed by atoms with Crippen LogP contribution in [0.5, 0.6) is 0 Å². The minimum atomic E-state index is -0.121. The molecule has 5 heteroatoms. The lowest BCUT2D eigenvalue weighted by molar-refractivity contribution is -0.125. The molecule has 2 N–H and O–H groups in total. The maximum absolute atomic E-state index is 12.3. The Hall–Kier alpha value is -2.14. The van der Waals surface area contributed by atoms with Crippen LogP contribution in [-0.2, 0) is 11.3 Å². The van der Waals surface area contributed by atoms with E-state index < -0.39 is 0 Å². The van der Waals surface area contributed by atoms with Gasteiger partial charge in [0.1, 0.15) is 0 Å². The fraction of sp³-hybridized carbons (Fsp3) is 0.318. The molecule has 0 saturated carbocycles. The van der Waals surface area contributed by atoms with Crippen molar-refractivity contribution in [3.63, 3.8) is 0 Å². The average Bonchev–Trinajstić information content (AvgIpc) is 3.10. The van der Waals surface area contributed by atoms with Gasteiger partial charge in [0.25, 0.3) is 0 Å². The van der Waals surface area contributed by atoms with Gasteiger partial charge in [-0.2, -0.15) is 0 Å². The van der Waals surface area contributed by atoms with Gasteiger partial charge in [-0.1, -0.05) is 72.3 Å². The third-order valence-corrected chi connectivity index (χ3v) is 5.11. The maximum Gasteiger partial charge on any atom is 0.237 e. The van der Waals surface area contributed by atoms with Crippen molar-refractivity contribution >= 4 is 23.6 Å². The van der Waals surface area contributed by atoms with E-state index in [2.05, 4.69) is 27.7 Å². The number of rotatable bonds is 7. The molecule has 1 fully saturated rings. The summed E-state index contributed by atoms with van der Waals surface area (Å²) >= 11 is 6.39. The van der Waals surface area contributed by atoms with Crippen LogP contribution >= 0.6 is 11.6 Å². The van der Waals surface area contributed by atoms with Crippen LogP contribution in [0.4, 0.5) is 0 Å². The molecule has 1 aliphatic heterocycles. The molecular weight excluding hydrogens is 358 g/mol. The van der Waals surface area contributed by atoms with E-state index in [1.54, 1.807) is 7.05 Å². The summed E-state index contributed by atoms with van der Waals surface area (Å²) in [5, 5.41) is 7.06. The number of likely N-dealkylation sites (N-methyl/N-ethyl adjacent to an activating group) is 1. The van der Waals surface area contributed by atoms with Crippen LogP contribution in [0.2, 0.25) is 0 Å². The minimum Gasteiger partial charge on any atom is -0.358 e. The number of benzene rings is 2. The van der Waals surface area contributed by atoms with Gasteiger partial charge in [0.05, 0.1) is 6.04 Å². The number of amides is 1. The summed E-state index contributed by atoms with van der Waals surface area (Å²) in [6.07, 6.45) is 2.75. The van der Waals surface area contributed by atoms with Crippen LogP contribution in [0.1, 0.15) is 17.5 Å². The molecule has 2 aromatic carbocycles. The smallest absolute Gasteiger partial charge is 0.237 e. The summed E-state index contributed by atoms with van der Waals surface area (Å²) in [7, 11) is 1.70. The van der Waals surface area contributed by atoms with Crippen LogP contribution in [-0.4, -0.2) is 43.0 Å². The summed E-state index contributed by atoms with van der Waals surface area (Å²) in [4.78, 5) is 14.6. The number of carbonyl (C=O) groups excluding carboxylic acids is 1. The number of nitrogens with zero attached hydrogens (tertiary/aromatic N) is 1. The van der Waals surface area contributed by atoms with Crippen molar-refractivity contribution in [3.8, 4) is 0 Å². The third-order valence-electron chi connectivity index (χ3n) is 4.86. The molecule has 0 radical (unpaired) electrons. The molecule has 1 aliphatic rings. The van der Waals surface area contributed by atoms with Crippen LogP contribution in [0.15, 0.2) is 65.7 Å². The summed E-state index contributed by atoms with van der Waals surface area (Å²) in [5.74, 6) is 0.0705. The molecular formula is C22H26ClN3O. The van der Waals surface area contributed by atoms with Crippen molar-refractivity contribution in [2.75, 3.05) is 20.1 Å². The number of hydrogen-bond acceptors (Lipinski definition) is 3. The predicted molar refractivity (Wildman–Crippen MR) is 111 cm³/mol. The van der Waals surface area contributed by atoms with Crippen LogP contribution in [0.25, 0.3) is 6.08 Å². The zero-order chi connectivity index (χ0) is 19.1. The molecule has 27 heavy (non-hydrogen) atoms. The molecule has 0 aliphatic carbocycles. The van der Waals surface area contributed by atoms with Gasteiger partial charge in [-0.15, -0.1) is 0 Å². The zero-order valence-corrected chi connectivity index (χ0v) is 16.3. The molecule has 0 unspecified atom stereocenters. The van der Waals surface area contributed by atoms with Crippen molar-refractivity contribution in [2.45, 2.75) is 25.0 Å². The first-order valence-electron chi connectivity index (χ1n) is 9.30. The van der Waals surface area contributed by atoms with Gasteiger partial charge >= 0.3 is 0 Å². The molecule has 142 valence electrons. The van der Waals surface area contributed by atoms with Crippen LogP contribution < -0.4 is 10.6 Å². The first-order chi connectivity index (χ1) is 13.2. The fourth-order valence-electron chi connectivity index (χ4n) is 3.51. The van der Waals surface area contributed by atoms with E-state index in [0.29, 0.717) is 6.54 Å². The summed E-state index contributed by atoms with van der Waals surface area (Å²) in [6.45, 7) is 2.19. The molecule has 1 saturated heterocycles. The van der Waals surface area contributed by atoms with E-state index in [4.69, 9.17) is 11.6 Å². The fourth-order valence-corrected chi connectivity index (χ4v) is 3.71. The van der Waals surface area contributed by atoms with Crippen LogP contribution in [0.3, 0.4) is 0 Å². The number of hydrogen-bond donors (Lipinski definition) is 2. The van der Waals surface area contributed by atoms with Gasteiger partial charge in [0.2, 0.25) is 5.91 Å². The second-order valence-corrected chi connectivity index (χ2v) is 7.35. The maximum atomic E-state index is 12.3. The SMILES string of the molecule is CNC(=O)[C@@H]1C[C@@H](NC/C(Cl)=C/c2ccccc2)CN1Cc1ccccc1. The van der Waals surface area contributed by atoms with E-state index in [9.17, 15) is 4.79 Å². The Labute approximate surface area is 166 Å². The van der Waals surface area contributed by atoms with Crippen molar-refractivity contribution < 1.29 is 4.79 Å². The molecule has 1 heterocycles. The molecule has 2 atom stereocenters. The average molecular weight is 384 g/mol. The number of carbonyl (C=O) groups is 1. The summed E-state index contributed by atoms with van der Waals surface area (Å²) < 4.78 is 0. The van der Waals surface area contributed by atoms with Gasteiger partial charge < -0.3 is 10.6 Å². The third kappa shape index (κ3) is 5.67. The normalized spacial score (nSPS) is 20.6.